The van der Waals surface area contributed by atoms with Crippen molar-refractivity contribution in [2.75, 3.05) is 17.1 Å². The summed E-state index contributed by atoms with van der Waals surface area (Å²) >= 11 is 0.850. The molecule has 0 aliphatic carbocycles. The normalized spacial score (nSPS) is 11.7. The quantitative estimate of drug-likeness (QED) is 0.877. The van der Waals surface area contributed by atoms with Crippen molar-refractivity contribution in [1.82, 2.24) is 5.16 Å². The third-order valence-electron chi connectivity index (χ3n) is 2.29. The van der Waals surface area contributed by atoms with E-state index in [2.05, 4.69) is 5.16 Å². The lowest BCUT2D eigenvalue weighted by atomic mass is 10.5. The number of nitrogens with two attached hydrogens (primary N) is 1. The van der Waals surface area contributed by atoms with Gasteiger partial charge in [0.2, 0.25) is 0 Å². The summed E-state index contributed by atoms with van der Waals surface area (Å²) in [6.07, 6.45) is 0. The summed E-state index contributed by atoms with van der Waals surface area (Å²) in [4.78, 5) is 0. The second kappa shape index (κ2) is 4.18. The van der Waals surface area contributed by atoms with Crippen molar-refractivity contribution in [2.45, 2.75) is 11.1 Å². The van der Waals surface area contributed by atoms with Gasteiger partial charge in [-0.25, -0.2) is 4.31 Å². The molecule has 0 aliphatic heterocycles. The van der Waals surface area contributed by atoms with Crippen LogP contribution in [0.3, 0.4) is 0 Å². The van der Waals surface area contributed by atoms with Crippen molar-refractivity contribution in [1.29, 1.82) is 0 Å². The molecule has 0 atom stereocenters. The van der Waals surface area contributed by atoms with Crippen LogP contribution in [0.15, 0.2) is 20.2 Å². The summed E-state index contributed by atoms with van der Waals surface area (Å²) in [5.74, 6) is 0.188. The van der Waals surface area contributed by atoms with E-state index in [4.69, 9.17) is 10.3 Å². The molecule has 0 aromatic carbocycles. The zero-order valence-electron chi connectivity index (χ0n) is 9.61. The van der Waals surface area contributed by atoms with E-state index < -0.39 is 15.8 Å². The van der Waals surface area contributed by atoms with E-state index in [9.17, 15) is 13.5 Å². The molecule has 0 spiro atoms. The molecule has 0 saturated carbocycles. The van der Waals surface area contributed by atoms with E-state index in [1.165, 1.54) is 18.5 Å². The van der Waals surface area contributed by atoms with Gasteiger partial charge in [0.15, 0.2) is 15.8 Å². The number of thiophene rings is 1. The van der Waals surface area contributed by atoms with Crippen molar-refractivity contribution in [3.05, 3.63) is 17.2 Å². The van der Waals surface area contributed by atoms with Gasteiger partial charge in [0.25, 0.3) is 10.0 Å². The molecule has 0 saturated heterocycles. The lowest BCUT2D eigenvalue weighted by Gasteiger charge is -2.14. The van der Waals surface area contributed by atoms with Gasteiger partial charge in [-0.05, 0) is 6.92 Å². The molecule has 2 heterocycles. The Bertz CT molecular complexity index is 674. The number of aromatic nitrogens is 1. The molecule has 0 aliphatic rings. The van der Waals surface area contributed by atoms with Crippen LogP contribution in [0.4, 0.5) is 11.5 Å². The van der Waals surface area contributed by atoms with E-state index in [1.807, 2.05) is 0 Å². The van der Waals surface area contributed by atoms with Gasteiger partial charge in [-0.15, -0.1) is 11.3 Å². The molecule has 0 bridgehead atoms. The Morgan fingerprint density at radius 1 is 1.56 bits per heavy atom. The molecule has 98 valence electrons. The summed E-state index contributed by atoms with van der Waals surface area (Å²) < 4.78 is 29.9. The number of hydrogen-bond donors (Lipinski definition) is 2. The number of nitrogen functional groups attached to an aromatic ring is 1. The molecule has 0 amide bonds. The first-order valence-corrected chi connectivity index (χ1v) is 7.14. The second-order valence-electron chi connectivity index (χ2n) is 3.60. The molecule has 2 aromatic heterocycles. The predicted octanol–water partition coefficient (Wildman–Crippen LogP) is 1.16. The van der Waals surface area contributed by atoms with Gasteiger partial charge in [0.1, 0.15) is 5.76 Å². The summed E-state index contributed by atoms with van der Waals surface area (Å²) in [6.45, 7) is 1.65. The van der Waals surface area contributed by atoms with Crippen LogP contribution in [0.1, 0.15) is 5.76 Å². The van der Waals surface area contributed by atoms with Crippen molar-refractivity contribution >= 4 is 32.9 Å². The number of sulfonamides is 1. The maximum Gasteiger partial charge on any atom is 0.278 e. The van der Waals surface area contributed by atoms with E-state index >= 15 is 0 Å². The Kier molecular flexibility index (Phi) is 2.95. The van der Waals surface area contributed by atoms with Crippen molar-refractivity contribution in [3.63, 3.8) is 0 Å². The number of hydrogen-bond acceptors (Lipinski definition) is 7. The fourth-order valence-corrected chi connectivity index (χ4v) is 3.76. The number of rotatable bonds is 3. The van der Waals surface area contributed by atoms with E-state index in [1.54, 1.807) is 6.92 Å². The van der Waals surface area contributed by atoms with E-state index in [0.717, 1.165) is 15.6 Å². The molecule has 7 nitrogen and oxygen atoms in total. The summed E-state index contributed by atoms with van der Waals surface area (Å²) in [5.41, 5.74) is 5.45. The van der Waals surface area contributed by atoms with Crippen LogP contribution in [-0.4, -0.2) is 25.7 Å². The van der Waals surface area contributed by atoms with Crippen LogP contribution < -0.4 is 10.0 Å². The van der Waals surface area contributed by atoms with Crippen LogP contribution in [0.25, 0.3) is 0 Å². The first-order chi connectivity index (χ1) is 8.34. The summed E-state index contributed by atoms with van der Waals surface area (Å²) in [6, 6.07) is 1.48. The van der Waals surface area contributed by atoms with Crippen molar-refractivity contribution in [3.8, 4) is 5.75 Å². The highest BCUT2D eigenvalue weighted by Crippen LogP contribution is 2.37. The maximum atomic E-state index is 12.2. The van der Waals surface area contributed by atoms with Crippen LogP contribution in [0.2, 0.25) is 0 Å². The molecule has 0 radical (unpaired) electrons. The Morgan fingerprint density at radius 3 is 2.67 bits per heavy atom. The minimum absolute atomic E-state index is 0.0308. The van der Waals surface area contributed by atoms with Crippen LogP contribution in [0, 0.1) is 6.92 Å². The zero-order chi connectivity index (χ0) is 13.5. The molecular weight excluding hydrogens is 278 g/mol. The van der Waals surface area contributed by atoms with Crippen LogP contribution >= 0.6 is 11.3 Å². The van der Waals surface area contributed by atoms with Gasteiger partial charge in [-0.2, -0.15) is 8.42 Å². The molecule has 0 fully saturated rings. The lowest BCUT2D eigenvalue weighted by Crippen LogP contribution is -2.26. The third kappa shape index (κ3) is 1.91. The summed E-state index contributed by atoms with van der Waals surface area (Å²) in [7, 11) is -2.57. The minimum atomic E-state index is -3.89. The van der Waals surface area contributed by atoms with E-state index in [0.29, 0.717) is 5.76 Å². The molecule has 2 aromatic rings. The average Bonchev–Trinajstić information content (AvgIpc) is 2.86. The molecule has 0 unspecified atom stereocenters. The molecule has 18 heavy (non-hydrogen) atoms. The Labute approximate surface area is 107 Å². The minimum Gasteiger partial charge on any atom is -0.504 e. The number of aryl methyl sites for hydroxylation is 1. The van der Waals surface area contributed by atoms with Crippen molar-refractivity contribution < 1.29 is 18.0 Å². The molecule has 3 N–H and O–H groups in total. The maximum absolute atomic E-state index is 12.2. The molecule has 2 rings (SSSR count). The Hall–Kier alpha value is -1.74. The van der Waals surface area contributed by atoms with Crippen LogP contribution in [0.5, 0.6) is 5.75 Å². The standard InChI is InChI=1S/C9H11N3O4S2/c1-5-3-7(11-16-5)12(2)18(14,15)9-8(13)6(10)4-17-9/h3-4,13H,10H2,1-2H3. The van der Waals surface area contributed by atoms with Gasteiger partial charge in [-0.1, -0.05) is 5.16 Å². The highest BCUT2D eigenvalue weighted by molar-refractivity contribution is 7.94. The van der Waals surface area contributed by atoms with Crippen LogP contribution in [-0.2, 0) is 10.0 Å². The number of nitrogens with zero attached hydrogens (tertiary/aromatic N) is 2. The molecule has 9 heteroatoms. The zero-order valence-corrected chi connectivity index (χ0v) is 11.2. The Morgan fingerprint density at radius 2 is 2.22 bits per heavy atom. The highest BCUT2D eigenvalue weighted by Gasteiger charge is 2.29. The highest BCUT2D eigenvalue weighted by atomic mass is 32.2. The van der Waals surface area contributed by atoms with Gasteiger partial charge in [0, 0.05) is 18.5 Å². The topological polar surface area (TPSA) is 110 Å². The van der Waals surface area contributed by atoms with Gasteiger partial charge < -0.3 is 15.4 Å². The monoisotopic (exact) mass is 289 g/mol. The smallest absolute Gasteiger partial charge is 0.278 e. The van der Waals surface area contributed by atoms with Gasteiger partial charge >= 0.3 is 0 Å². The number of aromatic hydroxyl groups is 1. The van der Waals surface area contributed by atoms with Crippen molar-refractivity contribution in [2.24, 2.45) is 0 Å². The SMILES string of the molecule is Cc1cc(N(C)S(=O)(=O)c2scc(N)c2O)no1. The average molecular weight is 289 g/mol. The summed E-state index contributed by atoms with van der Waals surface area (Å²) in [5, 5.41) is 14.6. The van der Waals surface area contributed by atoms with Gasteiger partial charge in [0.05, 0.1) is 5.69 Å². The fraction of sp³-hybridized carbons (Fsp3) is 0.222. The number of anilines is 2. The Balaban J connectivity index is 2.46. The largest absolute Gasteiger partial charge is 0.504 e. The lowest BCUT2D eigenvalue weighted by molar-refractivity contribution is 0.399. The molecular formula is C9H11N3O4S2. The van der Waals surface area contributed by atoms with Gasteiger partial charge in [-0.3, -0.25) is 0 Å². The fourth-order valence-electron chi connectivity index (χ4n) is 1.28. The second-order valence-corrected chi connectivity index (χ2v) is 6.64. The first-order valence-electron chi connectivity index (χ1n) is 4.82. The predicted molar refractivity (Wildman–Crippen MR) is 67.2 cm³/mol. The third-order valence-corrected chi connectivity index (χ3v) is 5.56. The van der Waals surface area contributed by atoms with E-state index in [-0.39, 0.29) is 15.7 Å². The first kappa shape index (κ1) is 12.7.